The minimum atomic E-state index is -3.89. The first-order chi connectivity index (χ1) is 10.8. The molecule has 1 aliphatic heterocycles. The number of morpholine rings is 1. The van der Waals surface area contributed by atoms with Crippen LogP contribution in [0.2, 0.25) is 0 Å². The lowest BCUT2D eigenvalue weighted by Gasteiger charge is -2.34. The maximum absolute atomic E-state index is 12.5. The average molecular weight is 342 g/mol. The van der Waals surface area contributed by atoms with Crippen molar-refractivity contribution >= 4 is 16.2 Å². The first-order valence-corrected chi connectivity index (χ1v) is 8.91. The van der Waals surface area contributed by atoms with Crippen LogP contribution >= 0.6 is 0 Å². The molecule has 1 heterocycles. The highest BCUT2D eigenvalue weighted by molar-refractivity contribution is 7.87. The molecule has 1 aromatic rings. The molecule has 0 radical (unpaired) electrons. The lowest BCUT2D eigenvalue weighted by molar-refractivity contribution is -0.138. The minimum absolute atomic E-state index is 0.0881. The van der Waals surface area contributed by atoms with Crippen molar-refractivity contribution in [2.24, 2.45) is 0 Å². The van der Waals surface area contributed by atoms with Crippen molar-refractivity contribution in [3.8, 4) is 0 Å². The molecule has 1 aliphatic rings. The number of hydrogen-bond acceptors (Lipinski definition) is 4. The Hall–Kier alpha value is -1.48. The number of rotatable bonds is 6. The fourth-order valence-corrected chi connectivity index (χ4v) is 4.12. The van der Waals surface area contributed by atoms with Crippen molar-refractivity contribution in [1.82, 2.24) is 9.03 Å². The van der Waals surface area contributed by atoms with Gasteiger partial charge in [-0.15, -0.1) is 0 Å². The van der Waals surface area contributed by atoms with Crippen LogP contribution in [0.25, 0.3) is 0 Å². The third-order valence-electron chi connectivity index (χ3n) is 3.60. The number of ether oxygens (including phenoxy) is 1. The van der Waals surface area contributed by atoms with Crippen molar-refractivity contribution in [1.29, 1.82) is 0 Å². The number of nitrogens with zero attached hydrogens (tertiary/aromatic N) is 1. The molecular weight excluding hydrogens is 320 g/mol. The Morgan fingerprint density at radius 2 is 1.87 bits per heavy atom. The van der Waals surface area contributed by atoms with E-state index in [9.17, 15) is 18.3 Å². The summed E-state index contributed by atoms with van der Waals surface area (Å²) in [5.41, 5.74) is 0.756. The molecule has 2 rings (SSSR count). The van der Waals surface area contributed by atoms with Gasteiger partial charge in [-0.1, -0.05) is 30.3 Å². The number of hydrogen-bond donors (Lipinski definition) is 2. The molecule has 1 fully saturated rings. The SMILES string of the molecule is CC1CN(S(=O)(=O)N[C@H](Cc2ccccc2)C(=O)O)CC(C)O1. The zero-order valence-corrected chi connectivity index (χ0v) is 14.0. The molecule has 8 heteroatoms. The quantitative estimate of drug-likeness (QED) is 0.790. The lowest BCUT2D eigenvalue weighted by Crippen LogP contribution is -2.55. The van der Waals surface area contributed by atoms with Crippen molar-refractivity contribution in [2.45, 2.75) is 38.5 Å². The van der Waals surface area contributed by atoms with Gasteiger partial charge in [0.2, 0.25) is 0 Å². The molecular formula is C15H22N2O5S. The monoisotopic (exact) mass is 342 g/mol. The fourth-order valence-electron chi connectivity index (χ4n) is 2.61. The van der Waals surface area contributed by atoms with E-state index in [0.29, 0.717) is 0 Å². The predicted octanol–water partition coefficient (Wildman–Crippen LogP) is 0.626. The molecule has 2 N–H and O–H groups in total. The van der Waals surface area contributed by atoms with Crippen molar-refractivity contribution < 1.29 is 23.1 Å². The van der Waals surface area contributed by atoms with E-state index in [2.05, 4.69) is 4.72 Å². The summed E-state index contributed by atoms with van der Waals surface area (Å²) in [5, 5.41) is 9.33. The Morgan fingerprint density at radius 1 is 1.30 bits per heavy atom. The van der Waals surface area contributed by atoms with Crippen LogP contribution in [0.1, 0.15) is 19.4 Å². The second-order valence-electron chi connectivity index (χ2n) is 5.78. The van der Waals surface area contributed by atoms with Crippen LogP contribution in [0.15, 0.2) is 30.3 Å². The lowest BCUT2D eigenvalue weighted by atomic mass is 10.1. The summed E-state index contributed by atoms with van der Waals surface area (Å²) in [6, 6.07) is 7.71. The summed E-state index contributed by atoms with van der Waals surface area (Å²) in [6.45, 7) is 3.99. The van der Waals surface area contributed by atoms with Gasteiger partial charge in [0.05, 0.1) is 12.2 Å². The highest BCUT2D eigenvalue weighted by Gasteiger charge is 2.34. The zero-order chi connectivity index (χ0) is 17.0. The van der Waals surface area contributed by atoms with Crippen molar-refractivity contribution in [3.05, 3.63) is 35.9 Å². The first kappa shape index (κ1) is 17.9. The van der Waals surface area contributed by atoms with Gasteiger partial charge in [0.1, 0.15) is 6.04 Å². The number of carboxylic acids is 1. The summed E-state index contributed by atoms with van der Waals surface area (Å²) in [5.74, 6) is -1.20. The third kappa shape index (κ3) is 5.00. The smallest absolute Gasteiger partial charge is 0.322 e. The molecule has 0 spiro atoms. The van der Waals surface area contributed by atoms with Gasteiger partial charge in [-0.05, 0) is 25.8 Å². The number of carboxylic acid groups (broad SMARTS) is 1. The van der Waals surface area contributed by atoms with Gasteiger partial charge in [0, 0.05) is 13.1 Å². The Morgan fingerprint density at radius 3 is 2.39 bits per heavy atom. The maximum Gasteiger partial charge on any atom is 0.322 e. The topological polar surface area (TPSA) is 95.9 Å². The van der Waals surface area contributed by atoms with Gasteiger partial charge < -0.3 is 9.84 Å². The van der Waals surface area contributed by atoms with Gasteiger partial charge >= 0.3 is 5.97 Å². The van der Waals surface area contributed by atoms with Gasteiger partial charge in [-0.3, -0.25) is 4.79 Å². The Labute approximate surface area is 136 Å². The van der Waals surface area contributed by atoms with Crippen LogP contribution in [0, 0.1) is 0 Å². The normalized spacial score (nSPS) is 24.3. The largest absolute Gasteiger partial charge is 0.480 e. The molecule has 0 bridgehead atoms. The molecule has 1 aromatic carbocycles. The summed E-state index contributed by atoms with van der Waals surface area (Å²) >= 11 is 0. The van der Waals surface area contributed by atoms with Crippen LogP contribution in [0.5, 0.6) is 0 Å². The first-order valence-electron chi connectivity index (χ1n) is 7.47. The van der Waals surface area contributed by atoms with E-state index in [1.165, 1.54) is 4.31 Å². The zero-order valence-electron chi connectivity index (χ0n) is 13.2. The van der Waals surface area contributed by atoms with Crippen LogP contribution in [-0.2, 0) is 26.2 Å². The Balaban J connectivity index is 2.10. The average Bonchev–Trinajstić information content (AvgIpc) is 2.46. The van der Waals surface area contributed by atoms with Crippen LogP contribution in [0.3, 0.4) is 0 Å². The molecule has 3 atom stereocenters. The van der Waals surface area contributed by atoms with E-state index in [1.54, 1.807) is 38.1 Å². The molecule has 1 saturated heterocycles. The second kappa shape index (κ2) is 7.39. The summed E-state index contributed by atoms with van der Waals surface area (Å²) in [4.78, 5) is 11.4. The van der Waals surface area contributed by atoms with Crippen molar-refractivity contribution in [2.75, 3.05) is 13.1 Å². The predicted molar refractivity (Wildman–Crippen MR) is 85.2 cm³/mol. The van der Waals surface area contributed by atoms with Gasteiger partial charge in [-0.25, -0.2) is 0 Å². The number of nitrogens with one attached hydrogen (secondary N) is 1. The van der Waals surface area contributed by atoms with Gasteiger partial charge in [0.25, 0.3) is 10.2 Å². The van der Waals surface area contributed by atoms with Crippen LogP contribution < -0.4 is 4.72 Å². The standard InChI is InChI=1S/C15H22N2O5S/c1-11-9-17(10-12(2)22-11)23(20,21)16-14(15(18)19)8-13-6-4-3-5-7-13/h3-7,11-12,14,16H,8-10H2,1-2H3,(H,18,19)/t11?,12?,14-/m1/s1. The Kier molecular flexibility index (Phi) is 5.74. The molecule has 0 aliphatic carbocycles. The van der Waals surface area contributed by atoms with Crippen LogP contribution in [-0.4, -0.2) is 55.1 Å². The fraction of sp³-hybridized carbons (Fsp3) is 0.533. The highest BCUT2D eigenvalue weighted by atomic mass is 32.2. The molecule has 0 saturated carbocycles. The summed E-state index contributed by atoms with van der Waals surface area (Å²) < 4.78 is 34.0. The van der Waals surface area contributed by atoms with E-state index in [-0.39, 0.29) is 31.7 Å². The number of carbonyl (C=O) groups is 1. The van der Waals surface area contributed by atoms with Gasteiger partial charge in [0.15, 0.2) is 0 Å². The number of benzene rings is 1. The molecule has 0 aromatic heterocycles. The van der Waals surface area contributed by atoms with Crippen molar-refractivity contribution in [3.63, 3.8) is 0 Å². The summed E-state index contributed by atoms with van der Waals surface area (Å²) in [6.07, 6.45) is -0.370. The third-order valence-corrected chi connectivity index (χ3v) is 5.16. The molecule has 128 valence electrons. The summed E-state index contributed by atoms with van der Waals surface area (Å²) in [7, 11) is -3.89. The molecule has 2 unspecified atom stereocenters. The Bertz CT molecular complexity index is 625. The highest BCUT2D eigenvalue weighted by Crippen LogP contribution is 2.14. The van der Waals surface area contributed by atoms with Gasteiger partial charge in [-0.2, -0.15) is 17.4 Å². The minimum Gasteiger partial charge on any atom is -0.480 e. The van der Waals surface area contributed by atoms with E-state index >= 15 is 0 Å². The van der Waals surface area contributed by atoms with E-state index in [4.69, 9.17) is 4.74 Å². The molecule has 0 amide bonds. The van der Waals surface area contributed by atoms with E-state index in [1.807, 2.05) is 6.07 Å². The van der Waals surface area contributed by atoms with E-state index in [0.717, 1.165) is 5.56 Å². The molecule has 23 heavy (non-hydrogen) atoms. The second-order valence-corrected chi connectivity index (χ2v) is 7.48. The molecule has 7 nitrogen and oxygen atoms in total. The maximum atomic E-state index is 12.5. The number of aliphatic carboxylic acids is 1. The van der Waals surface area contributed by atoms with Crippen LogP contribution in [0.4, 0.5) is 0 Å². The van der Waals surface area contributed by atoms with E-state index < -0.39 is 22.2 Å².